The van der Waals surface area contributed by atoms with Gasteiger partial charge in [-0.1, -0.05) is 64.7 Å². The first kappa shape index (κ1) is 23.0. The van der Waals surface area contributed by atoms with Crippen molar-refractivity contribution in [2.75, 3.05) is 12.3 Å². The summed E-state index contributed by atoms with van der Waals surface area (Å²) >= 11 is 1.48. The highest BCUT2D eigenvalue weighted by Gasteiger charge is 2.20. The predicted octanol–water partition coefficient (Wildman–Crippen LogP) is 5.44. The smallest absolute Gasteiger partial charge is 0.223 e. The van der Waals surface area contributed by atoms with Crippen molar-refractivity contribution in [1.82, 2.24) is 9.88 Å². The zero-order chi connectivity index (χ0) is 20.2. The molecular weight excluding hydrogens is 372 g/mol. The maximum Gasteiger partial charge on any atom is 0.223 e. The second kappa shape index (κ2) is 13.0. The largest absolute Gasteiger partial charge is 0.494 e. The van der Waals surface area contributed by atoms with E-state index >= 15 is 0 Å². The topological polar surface area (TPSA) is 74.5 Å². The van der Waals surface area contributed by atoms with E-state index in [4.69, 9.17) is 0 Å². The number of carbonyl (C=O) groups excluding carboxylic acids is 1. The molecule has 0 spiro atoms. The summed E-state index contributed by atoms with van der Waals surface area (Å²) in [7, 11) is 0. The summed E-state index contributed by atoms with van der Waals surface area (Å²) in [5.41, 5.74) is 0. The van der Waals surface area contributed by atoms with Crippen LogP contribution in [-0.2, 0) is 11.3 Å². The number of unbranched alkanes of at least 4 members (excludes halogenated alkanes) is 6. The molecule has 0 unspecified atom stereocenters. The molecule has 0 atom stereocenters. The van der Waals surface area contributed by atoms with E-state index < -0.39 is 0 Å². The van der Waals surface area contributed by atoms with Gasteiger partial charge in [0.25, 0.3) is 0 Å². The van der Waals surface area contributed by atoms with Crippen LogP contribution in [0.2, 0.25) is 0 Å². The maximum absolute atomic E-state index is 12.2. The molecule has 1 aromatic heterocycles. The van der Waals surface area contributed by atoms with Gasteiger partial charge in [-0.15, -0.1) is 11.8 Å². The summed E-state index contributed by atoms with van der Waals surface area (Å²) in [5, 5.41) is 23.5. The quantitative estimate of drug-likeness (QED) is 0.299. The SMILES string of the molecule is CCCCCCCCCn1c(O)cc(SCCNC(=O)C2CCCCC2)c1O. The highest BCUT2D eigenvalue weighted by Crippen LogP contribution is 2.35. The number of nitrogens with zero attached hydrogens (tertiary/aromatic N) is 1. The fraction of sp³-hybridized carbons (Fsp3) is 0.773. The number of aromatic hydroxyl groups is 2. The van der Waals surface area contributed by atoms with Crippen LogP contribution in [0.5, 0.6) is 11.8 Å². The molecular formula is C22H38N2O3S. The maximum atomic E-state index is 12.2. The summed E-state index contributed by atoms with van der Waals surface area (Å²) in [6.07, 6.45) is 14.0. The Labute approximate surface area is 174 Å². The summed E-state index contributed by atoms with van der Waals surface area (Å²) < 4.78 is 1.59. The third kappa shape index (κ3) is 7.61. The average Bonchev–Trinajstić information content (AvgIpc) is 2.98. The van der Waals surface area contributed by atoms with Crippen molar-refractivity contribution in [2.45, 2.75) is 95.4 Å². The number of carbonyl (C=O) groups is 1. The lowest BCUT2D eigenvalue weighted by Crippen LogP contribution is -2.33. The average molecular weight is 411 g/mol. The van der Waals surface area contributed by atoms with Gasteiger partial charge in [-0.05, 0) is 19.3 Å². The molecule has 28 heavy (non-hydrogen) atoms. The van der Waals surface area contributed by atoms with E-state index in [1.54, 1.807) is 10.6 Å². The molecule has 1 aromatic rings. The lowest BCUT2D eigenvalue weighted by Gasteiger charge is -2.20. The van der Waals surface area contributed by atoms with Gasteiger partial charge in [-0.3, -0.25) is 9.36 Å². The van der Waals surface area contributed by atoms with Crippen LogP contribution >= 0.6 is 11.8 Å². The van der Waals surface area contributed by atoms with E-state index in [0.717, 1.165) is 38.5 Å². The van der Waals surface area contributed by atoms with Crippen molar-refractivity contribution < 1.29 is 15.0 Å². The van der Waals surface area contributed by atoms with Crippen LogP contribution in [0.3, 0.4) is 0 Å². The Morgan fingerprint density at radius 1 is 1.11 bits per heavy atom. The first-order valence-electron chi connectivity index (χ1n) is 11.2. The van der Waals surface area contributed by atoms with Gasteiger partial charge in [0.15, 0.2) is 5.88 Å². The van der Waals surface area contributed by atoms with Crippen molar-refractivity contribution in [1.29, 1.82) is 0 Å². The Kier molecular flexibility index (Phi) is 10.7. The van der Waals surface area contributed by atoms with Gasteiger partial charge in [0.05, 0.1) is 4.90 Å². The molecule has 6 heteroatoms. The molecule has 0 aromatic carbocycles. The van der Waals surface area contributed by atoms with Gasteiger partial charge in [-0.2, -0.15) is 0 Å². The monoisotopic (exact) mass is 410 g/mol. The predicted molar refractivity (Wildman–Crippen MR) is 116 cm³/mol. The van der Waals surface area contributed by atoms with Crippen LogP contribution in [0, 0.1) is 5.92 Å². The Balaban J connectivity index is 1.65. The van der Waals surface area contributed by atoms with Crippen molar-refractivity contribution >= 4 is 17.7 Å². The first-order valence-corrected chi connectivity index (χ1v) is 12.1. The highest BCUT2D eigenvalue weighted by molar-refractivity contribution is 7.99. The minimum absolute atomic E-state index is 0.122. The number of nitrogens with one attached hydrogen (secondary N) is 1. The van der Waals surface area contributed by atoms with Crippen molar-refractivity contribution in [2.24, 2.45) is 5.92 Å². The number of amides is 1. The molecule has 0 aliphatic heterocycles. The molecule has 0 radical (unpaired) electrons. The van der Waals surface area contributed by atoms with Crippen LogP contribution < -0.4 is 5.32 Å². The number of hydrogen-bond acceptors (Lipinski definition) is 4. The second-order valence-corrected chi connectivity index (χ2v) is 9.07. The minimum Gasteiger partial charge on any atom is -0.494 e. The van der Waals surface area contributed by atoms with Crippen LogP contribution in [0.15, 0.2) is 11.0 Å². The normalized spacial score (nSPS) is 15.0. The Morgan fingerprint density at radius 2 is 1.79 bits per heavy atom. The summed E-state index contributed by atoms with van der Waals surface area (Å²) in [5.74, 6) is 1.31. The molecule has 160 valence electrons. The van der Waals surface area contributed by atoms with Gasteiger partial charge in [-0.25, -0.2) is 0 Å². The van der Waals surface area contributed by atoms with Gasteiger partial charge >= 0.3 is 0 Å². The van der Waals surface area contributed by atoms with Crippen LogP contribution in [-0.4, -0.2) is 33.0 Å². The zero-order valence-corrected chi connectivity index (χ0v) is 18.2. The van der Waals surface area contributed by atoms with E-state index in [0.29, 0.717) is 23.7 Å². The molecule has 1 fully saturated rings. The Morgan fingerprint density at radius 3 is 2.50 bits per heavy atom. The molecule has 1 amide bonds. The Hall–Kier alpha value is -1.30. The third-order valence-corrected chi connectivity index (χ3v) is 6.65. The molecule has 1 aliphatic rings. The minimum atomic E-state index is 0.122. The summed E-state index contributed by atoms with van der Waals surface area (Å²) in [6, 6.07) is 1.63. The first-order chi connectivity index (χ1) is 13.6. The third-order valence-electron chi connectivity index (χ3n) is 5.63. The molecule has 5 nitrogen and oxygen atoms in total. The van der Waals surface area contributed by atoms with E-state index in [-0.39, 0.29) is 23.6 Å². The second-order valence-electron chi connectivity index (χ2n) is 7.94. The fourth-order valence-electron chi connectivity index (χ4n) is 3.90. The molecule has 1 saturated carbocycles. The lowest BCUT2D eigenvalue weighted by molar-refractivity contribution is -0.125. The van der Waals surface area contributed by atoms with E-state index in [9.17, 15) is 15.0 Å². The van der Waals surface area contributed by atoms with Gasteiger partial charge in [0, 0.05) is 30.8 Å². The zero-order valence-electron chi connectivity index (χ0n) is 17.4. The van der Waals surface area contributed by atoms with Crippen LogP contribution in [0.1, 0.15) is 84.0 Å². The van der Waals surface area contributed by atoms with Crippen LogP contribution in [0.25, 0.3) is 0 Å². The van der Waals surface area contributed by atoms with Crippen molar-refractivity contribution in [3.05, 3.63) is 6.07 Å². The molecule has 1 aliphatic carbocycles. The number of hydrogen-bond donors (Lipinski definition) is 3. The van der Waals surface area contributed by atoms with Gasteiger partial charge in [0.1, 0.15) is 0 Å². The van der Waals surface area contributed by atoms with Gasteiger partial charge < -0.3 is 15.5 Å². The standard InChI is InChI=1S/C22H38N2O3S/c1-2-3-4-5-6-7-11-15-24-20(25)17-19(22(24)27)28-16-14-23-21(26)18-12-9-8-10-13-18/h17-18,25,27H,2-16H2,1H3,(H,23,26). The molecule has 0 bridgehead atoms. The molecule has 0 saturated heterocycles. The highest BCUT2D eigenvalue weighted by atomic mass is 32.2. The number of rotatable bonds is 13. The Bertz CT molecular complexity index is 583. The van der Waals surface area contributed by atoms with E-state index in [2.05, 4.69) is 12.2 Å². The van der Waals surface area contributed by atoms with Crippen molar-refractivity contribution in [3.8, 4) is 11.8 Å². The fourth-order valence-corrected chi connectivity index (χ4v) is 4.75. The van der Waals surface area contributed by atoms with Gasteiger partial charge in [0.2, 0.25) is 11.8 Å². The number of thioether (sulfide) groups is 1. The molecule has 2 rings (SSSR count). The molecule has 1 heterocycles. The summed E-state index contributed by atoms with van der Waals surface area (Å²) in [4.78, 5) is 12.8. The number of aromatic nitrogens is 1. The van der Waals surface area contributed by atoms with Crippen molar-refractivity contribution in [3.63, 3.8) is 0 Å². The van der Waals surface area contributed by atoms with Crippen LogP contribution in [0.4, 0.5) is 0 Å². The molecule has 3 N–H and O–H groups in total. The van der Waals surface area contributed by atoms with E-state index in [1.807, 2.05) is 0 Å². The lowest BCUT2D eigenvalue weighted by atomic mass is 9.89. The van der Waals surface area contributed by atoms with E-state index in [1.165, 1.54) is 50.3 Å². The summed E-state index contributed by atoms with van der Waals surface area (Å²) in [6.45, 7) is 3.45.